The van der Waals surface area contributed by atoms with Gasteiger partial charge in [0.25, 0.3) is 0 Å². The van der Waals surface area contributed by atoms with Crippen molar-refractivity contribution in [2.75, 3.05) is 26.2 Å². The van der Waals surface area contributed by atoms with E-state index in [1.807, 2.05) is 4.90 Å². The Morgan fingerprint density at radius 3 is 2.94 bits per heavy atom. The topological polar surface area (TPSA) is 61.4 Å². The number of carbonyl (C=O) groups is 2. The number of rotatable bonds is 2. The lowest BCUT2D eigenvalue weighted by atomic mass is 10.0. The van der Waals surface area contributed by atoms with Crippen molar-refractivity contribution in [3.8, 4) is 0 Å². The molecule has 0 bridgehead atoms. The van der Waals surface area contributed by atoms with Crippen LogP contribution in [0.2, 0.25) is 0 Å². The van der Waals surface area contributed by atoms with E-state index in [-0.39, 0.29) is 11.8 Å². The Morgan fingerprint density at radius 1 is 1.29 bits per heavy atom. The Bertz CT molecular complexity index is 287. The maximum Gasteiger partial charge on any atom is 0.224 e. The average Bonchev–Trinajstić information content (AvgIpc) is 2.55. The predicted molar refractivity (Wildman–Crippen MR) is 64.5 cm³/mol. The first-order valence-electron chi connectivity index (χ1n) is 6.53. The lowest BCUT2D eigenvalue weighted by Crippen LogP contribution is -2.41. The fourth-order valence-corrected chi connectivity index (χ4v) is 2.45. The van der Waals surface area contributed by atoms with Crippen LogP contribution in [-0.4, -0.2) is 48.9 Å². The van der Waals surface area contributed by atoms with Crippen LogP contribution in [0.4, 0.5) is 0 Å². The number of hydrogen-bond donors (Lipinski definition) is 2. The van der Waals surface area contributed by atoms with E-state index in [9.17, 15) is 9.59 Å². The first-order chi connectivity index (χ1) is 8.25. The highest BCUT2D eigenvalue weighted by Crippen LogP contribution is 2.12. The van der Waals surface area contributed by atoms with E-state index in [0.29, 0.717) is 38.5 Å². The highest BCUT2D eigenvalue weighted by atomic mass is 16.2. The molecule has 0 aliphatic carbocycles. The van der Waals surface area contributed by atoms with Crippen LogP contribution < -0.4 is 10.6 Å². The third kappa shape index (κ3) is 3.70. The van der Waals surface area contributed by atoms with Crippen molar-refractivity contribution in [2.24, 2.45) is 0 Å². The lowest BCUT2D eigenvalue weighted by molar-refractivity contribution is -0.131. The Labute approximate surface area is 102 Å². The molecule has 2 heterocycles. The summed E-state index contributed by atoms with van der Waals surface area (Å²) < 4.78 is 0. The maximum absolute atomic E-state index is 12.1. The Balaban J connectivity index is 1.79. The van der Waals surface area contributed by atoms with Gasteiger partial charge in [-0.15, -0.1) is 0 Å². The molecule has 2 fully saturated rings. The number of piperidine rings is 1. The zero-order valence-corrected chi connectivity index (χ0v) is 10.2. The minimum absolute atomic E-state index is 0.0519. The summed E-state index contributed by atoms with van der Waals surface area (Å²) in [6, 6.07) is 0.336. The Morgan fingerprint density at radius 2 is 2.18 bits per heavy atom. The van der Waals surface area contributed by atoms with Crippen LogP contribution in [0.15, 0.2) is 0 Å². The summed E-state index contributed by atoms with van der Waals surface area (Å²) in [7, 11) is 0. The Kier molecular flexibility index (Phi) is 4.36. The smallest absolute Gasteiger partial charge is 0.224 e. The van der Waals surface area contributed by atoms with Gasteiger partial charge in [-0.05, 0) is 19.4 Å². The zero-order valence-electron chi connectivity index (χ0n) is 10.2. The van der Waals surface area contributed by atoms with Gasteiger partial charge in [0.05, 0.1) is 0 Å². The molecular formula is C12H21N3O2. The second-order valence-corrected chi connectivity index (χ2v) is 4.83. The lowest BCUT2D eigenvalue weighted by Gasteiger charge is -2.26. The van der Waals surface area contributed by atoms with E-state index in [0.717, 1.165) is 13.0 Å². The van der Waals surface area contributed by atoms with Crippen molar-refractivity contribution in [1.82, 2.24) is 15.5 Å². The number of amides is 2. The standard InChI is InChI=1S/C12H21N3O2/c16-11-4-7-15(8-6-14-11)12(17)9-10-3-1-2-5-13-10/h10,13H,1-9H2,(H,14,16). The van der Waals surface area contributed by atoms with E-state index < -0.39 is 0 Å². The molecule has 2 aliphatic rings. The molecule has 0 aromatic carbocycles. The van der Waals surface area contributed by atoms with Crippen LogP contribution in [0.5, 0.6) is 0 Å². The molecular weight excluding hydrogens is 218 g/mol. The third-order valence-electron chi connectivity index (χ3n) is 3.50. The molecule has 2 aliphatic heterocycles. The molecule has 0 aromatic rings. The second-order valence-electron chi connectivity index (χ2n) is 4.83. The summed E-state index contributed by atoms with van der Waals surface area (Å²) >= 11 is 0. The van der Waals surface area contributed by atoms with Gasteiger partial charge in [-0.3, -0.25) is 9.59 Å². The van der Waals surface area contributed by atoms with Gasteiger partial charge < -0.3 is 15.5 Å². The molecule has 0 spiro atoms. The van der Waals surface area contributed by atoms with Gasteiger partial charge in [0.1, 0.15) is 0 Å². The molecule has 2 amide bonds. The van der Waals surface area contributed by atoms with Crippen molar-refractivity contribution in [3.05, 3.63) is 0 Å². The number of nitrogens with zero attached hydrogens (tertiary/aromatic N) is 1. The van der Waals surface area contributed by atoms with Gasteiger partial charge in [-0.1, -0.05) is 6.42 Å². The molecule has 0 saturated carbocycles. The van der Waals surface area contributed by atoms with E-state index >= 15 is 0 Å². The summed E-state index contributed by atoms with van der Waals surface area (Å²) in [4.78, 5) is 25.1. The molecule has 2 rings (SSSR count). The van der Waals surface area contributed by atoms with Crippen LogP contribution in [-0.2, 0) is 9.59 Å². The van der Waals surface area contributed by atoms with Crippen LogP contribution in [0.25, 0.3) is 0 Å². The SMILES string of the molecule is O=C1CCN(C(=O)CC2CCCCN2)CCN1. The average molecular weight is 239 g/mol. The molecule has 5 heteroatoms. The summed E-state index contributed by atoms with van der Waals surface area (Å²) in [5.74, 6) is 0.233. The molecule has 1 unspecified atom stereocenters. The quantitative estimate of drug-likeness (QED) is 0.705. The Hall–Kier alpha value is -1.10. The minimum atomic E-state index is 0.0519. The second kappa shape index (κ2) is 6.00. The molecule has 17 heavy (non-hydrogen) atoms. The van der Waals surface area contributed by atoms with Gasteiger partial charge in [0, 0.05) is 38.5 Å². The zero-order chi connectivity index (χ0) is 12.1. The predicted octanol–water partition coefficient (Wildman–Crippen LogP) is -0.133. The molecule has 5 nitrogen and oxygen atoms in total. The van der Waals surface area contributed by atoms with Crippen molar-refractivity contribution in [3.63, 3.8) is 0 Å². The van der Waals surface area contributed by atoms with Crippen molar-refractivity contribution >= 4 is 11.8 Å². The van der Waals surface area contributed by atoms with E-state index in [2.05, 4.69) is 10.6 Å². The summed E-state index contributed by atoms with van der Waals surface area (Å²) in [5, 5.41) is 6.17. The van der Waals surface area contributed by atoms with Crippen LogP contribution in [0, 0.1) is 0 Å². The van der Waals surface area contributed by atoms with Crippen molar-refractivity contribution in [2.45, 2.75) is 38.1 Å². The fraction of sp³-hybridized carbons (Fsp3) is 0.833. The van der Waals surface area contributed by atoms with Crippen molar-refractivity contribution in [1.29, 1.82) is 0 Å². The maximum atomic E-state index is 12.1. The van der Waals surface area contributed by atoms with Gasteiger partial charge in [0.2, 0.25) is 11.8 Å². The normalized spacial score (nSPS) is 26.2. The van der Waals surface area contributed by atoms with Gasteiger partial charge in [-0.2, -0.15) is 0 Å². The van der Waals surface area contributed by atoms with Crippen LogP contribution in [0.3, 0.4) is 0 Å². The van der Waals surface area contributed by atoms with Gasteiger partial charge in [-0.25, -0.2) is 0 Å². The molecule has 96 valence electrons. The summed E-state index contributed by atoms with van der Waals surface area (Å²) in [6.07, 6.45) is 4.53. The van der Waals surface area contributed by atoms with E-state index in [1.165, 1.54) is 12.8 Å². The van der Waals surface area contributed by atoms with Crippen molar-refractivity contribution < 1.29 is 9.59 Å². The first kappa shape index (κ1) is 12.4. The first-order valence-corrected chi connectivity index (χ1v) is 6.53. The van der Waals surface area contributed by atoms with Crippen LogP contribution >= 0.6 is 0 Å². The minimum Gasteiger partial charge on any atom is -0.354 e. The van der Waals surface area contributed by atoms with E-state index in [4.69, 9.17) is 0 Å². The number of carbonyl (C=O) groups excluding carboxylic acids is 2. The molecule has 1 atom stereocenters. The van der Waals surface area contributed by atoms with E-state index in [1.54, 1.807) is 0 Å². The third-order valence-corrected chi connectivity index (χ3v) is 3.50. The highest BCUT2D eigenvalue weighted by molar-refractivity contribution is 5.80. The van der Waals surface area contributed by atoms with Gasteiger partial charge >= 0.3 is 0 Å². The highest BCUT2D eigenvalue weighted by Gasteiger charge is 2.22. The van der Waals surface area contributed by atoms with Crippen LogP contribution in [0.1, 0.15) is 32.1 Å². The monoisotopic (exact) mass is 239 g/mol. The summed E-state index contributed by atoms with van der Waals surface area (Å²) in [5.41, 5.74) is 0. The molecule has 0 aromatic heterocycles. The number of nitrogens with one attached hydrogen (secondary N) is 2. The molecule has 2 N–H and O–H groups in total. The molecule has 2 saturated heterocycles. The molecule has 0 radical (unpaired) electrons. The largest absolute Gasteiger partial charge is 0.354 e. The number of hydrogen-bond acceptors (Lipinski definition) is 3. The fourth-order valence-electron chi connectivity index (χ4n) is 2.45. The van der Waals surface area contributed by atoms with Gasteiger partial charge in [0.15, 0.2) is 0 Å². The summed E-state index contributed by atoms with van der Waals surface area (Å²) in [6.45, 7) is 2.83.